The van der Waals surface area contributed by atoms with Crippen molar-refractivity contribution in [2.45, 2.75) is 25.7 Å². The summed E-state index contributed by atoms with van der Waals surface area (Å²) in [5.41, 5.74) is 5.44. The van der Waals surface area contributed by atoms with Gasteiger partial charge in [0, 0.05) is 46.7 Å². The first-order chi connectivity index (χ1) is 9.52. The number of piperidine rings is 1. The molecule has 0 radical (unpaired) electrons. The zero-order chi connectivity index (χ0) is 15.0. The third kappa shape index (κ3) is 6.63. The Morgan fingerprint density at radius 3 is 2.60 bits per heavy atom. The van der Waals surface area contributed by atoms with Crippen molar-refractivity contribution >= 4 is 23.1 Å². The lowest BCUT2D eigenvalue weighted by atomic mass is 9.98. The summed E-state index contributed by atoms with van der Waals surface area (Å²) in [5.74, 6) is 0.848. The lowest BCUT2D eigenvalue weighted by Gasteiger charge is -2.31. The molecular weight excluding hydrogens is 274 g/mol. The third-order valence-electron chi connectivity index (χ3n) is 3.87. The number of nitrogens with two attached hydrogens (primary N) is 1. The normalized spacial score (nSPS) is 17.1. The summed E-state index contributed by atoms with van der Waals surface area (Å²) in [6.45, 7) is 4.45. The summed E-state index contributed by atoms with van der Waals surface area (Å²) >= 11 is 4.82. The zero-order valence-electron chi connectivity index (χ0n) is 12.6. The van der Waals surface area contributed by atoms with Crippen LogP contribution in [-0.4, -0.2) is 67.6 Å². The van der Waals surface area contributed by atoms with E-state index in [-0.39, 0.29) is 5.91 Å². The molecule has 0 atom stereocenters. The van der Waals surface area contributed by atoms with Gasteiger partial charge in [0.25, 0.3) is 0 Å². The first kappa shape index (κ1) is 17.3. The van der Waals surface area contributed by atoms with Crippen LogP contribution in [0, 0.1) is 5.92 Å². The number of carbonyl (C=O) groups excluding carboxylic acids is 1. The molecule has 0 aromatic rings. The number of hydrogen-bond acceptors (Lipinski definition) is 4. The van der Waals surface area contributed by atoms with Crippen LogP contribution in [0.3, 0.4) is 0 Å². The van der Waals surface area contributed by atoms with Crippen LogP contribution in [0.5, 0.6) is 0 Å². The van der Waals surface area contributed by atoms with Crippen LogP contribution < -0.4 is 5.73 Å². The van der Waals surface area contributed by atoms with E-state index in [0.717, 1.165) is 26.2 Å². The minimum atomic E-state index is 0.167. The van der Waals surface area contributed by atoms with Crippen LogP contribution >= 0.6 is 12.2 Å². The van der Waals surface area contributed by atoms with Crippen LogP contribution in [0.15, 0.2) is 0 Å². The van der Waals surface area contributed by atoms with Crippen molar-refractivity contribution in [1.82, 2.24) is 9.80 Å². The molecule has 0 aliphatic carbocycles. The molecule has 1 rings (SSSR count). The highest BCUT2D eigenvalue weighted by Crippen LogP contribution is 2.17. The molecule has 1 aliphatic rings. The number of carbonyl (C=O) groups is 1. The van der Waals surface area contributed by atoms with Gasteiger partial charge in [-0.3, -0.25) is 4.79 Å². The second-order valence-corrected chi connectivity index (χ2v) is 6.05. The second-order valence-electron chi connectivity index (χ2n) is 5.52. The summed E-state index contributed by atoms with van der Waals surface area (Å²) in [7, 11) is 3.57. The topological polar surface area (TPSA) is 58.8 Å². The van der Waals surface area contributed by atoms with Gasteiger partial charge in [-0.1, -0.05) is 12.2 Å². The standard InChI is InChI=1S/C14H27N3O2S/c1-16(7-5-13(15)20)14(18)6-10-17-8-3-12(4-9-17)11-19-2/h12H,3-11H2,1-2H3,(H2,15,20). The Balaban J connectivity index is 2.17. The minimum Gasteiger partial charge on any atom is -0.393 e. The van der Waals surface area contributed by atoms with Gasteiger partial charge in [-0.25, -0.2) is 0 Å². The van der Waals surface area contributed by atoms with E-state index in [4.69, 9.17) is 22.7 Å². The minimum absolute atomic E-state index is 0.167. The Morgan fingerprint density at radius 2 is 2.05 bits per heavy atom. The summed E-state index contributed by atoms with van der Waals surface area (Å²) in [5, 5.41) is 0. The van der Waals surface area contributed by atoms with E-state index < -0.39 is 0 Å². The highest BCUT2D eigenvalue weighted by atomic mass is 32.1. The summed E-state index contributed by atoms with van der Waals surface area (Å²) in [6, 6.07) is 0. The van der Waals surface area contributed by atoms with Gasteiger partial charge in [-0.15, -0.1) is 0 Å². The fourth-order valence-corrected chi connectivity index (χ4v) is 2.55. The summed E-state index contributed by atoms with van der Waals surface area (Å²) in [6.07, 6.45) is 3.50. The largest absolute Gasteiger partial charge is 0.393 e. The predicted molar refractivity (Wildman–Crippen MR) is 84.7 cm³/mol. The van der Waals surface area contributed by atoms with E-state index in [0.29, 0.717) is 30.3 Å². The summed E-state index contributed by atoms with van der Waals surface area (Å²) < 4.78 is 5.19. The fraction of sp³-hybridized carbons (Fsp3) is 0.857. The number of amides is 1. The third-order valence-corrected chi connectivity index (χ3v) is 4.07. The van der Waals surface area contributed by atoms with E-state index in [1.807, 2.05) is 7.05 Å². The molecule has 0 saturated carbocycles. The first-order valence-corrected chi connectivity index (χ1v) is 7.67. The smallest absolute Gasteiger partial charge is 0.223 e. The maximum Gasteiger partial charge on any atom is 0.223 e. The Hall–Kier alpha value is -0.720. The first-order valence-electron chi connectivity index (χ1n) is 7.26. The van der Waals surface area contributed by atoms with Gasteiger partial charge < -0.3 is 20.3 Å². The van der Waals surface area contributed by atoms with Crippen LogP contribution in [-0.2, 0) is 9.53 Å². The molecule has 0 aromatic heterocycles. The molecule has 1 heterocycles. The van der Waals surface area contributed by atoms with E-state index in [9.17, 15) is 4.79 Å². The van der Waals surface area contributed by atoms with E-state index >= 15 is 0 Å². The monoisotopic (exact) mass is 301 g/mol. The quantitative estimate of drug-likeness (QED) is 0.674. The number of rotatable bonds is 8. The highest BCUT2D eigenvalue weighted by molar-refractivity contribution is 7.80. The average molecular weight is 301 g/mol. The molecule has 0 spiro atoms. The number of methoxy groups -OCH3 is 1. The number of likely N-dealkylation sites (tertiary alicyclic amines) is 1. The van der Waals surface area contributed by atoms with Gasteiger partial charge in [0.1, 0.15) is 0 Å². The van der Waals surface area contributed by atoms with Crippen molar-refractivity contribution in [3.63, 3.8) is 0 Å². The molecule has 1 fully saturated rings. The number of hydrogen-bond donors (Lipinski definition) is 1. The number of nitrogens with zero attached hydrogens (tertiary/aromatic N) is 2. The second kappa shape index (κ2) is 9.26. The molecule has 116 valence electrons. The molecule has 6 heteroatoms. The van der Waals surface area contributed by atoms with Crippen molar-refractivity contribution in [3.05, 3.63) is 0 Å². The predicted octanol–water partition coefficient (Wildman–Crippen LogP) is 0.870. The van der Waals surface area contributed by atoms with Crippen LogP contribution in [0.25, 0.3) is 0 Å². The van der Waals surface area contributed by atoms with Gasteiger partial charge >= 0.3 is 0 Å². The Morgan fingerprint density at radius 1 is 1.40 bits per heavy atom. The molecule has 1 aliphatic heterocycles. The van der Waals surface area contributed by atoms with Gasteiger partial charge in [-0.05, 0) is 31.8 Å². The van der Waals surface area contributed by atoms with Crippen molar-refractivity contribution < 1.29 is 9.53 Å². The van der Waals surface area contributed by atoms with Crippen LogP contribution in [0.4, 0.5) is 0 Å². The van der Waals surface area contributed by atoms with Crippen molar-refractivity contribution in [1.29, 1.82) is 0 Å². The fourth-order valence-electron chi connectivity index (χ4n) is 2.46. The van der Waals surface area contributed by atoms with Gasteiger partial charge in [0.15, 0.2) is 0 Å². The molecule has 1 saturated heterocycles. The summed E-state index contributed by atoms with van der Waals surface area (Å²) in [4.78, 5) is 16.5. The number of thiocarbonyl (C=S) groups is 1. The van der Waals surface area contributed by atoms with Gasteiger partial charge in [0.05, 0.1) is 4.99 Å². The molecule has 5 nitrogen and oxygen atoms in total. The molecule has 20 heavy (non-hydrogen) atoms. The SMILES string of the molecule is COCC1CCN(CCC(=O)N(C)CCC(N)=S)CC1. The Bertz CT molecular complexity index is 318. The average Bonchev–Trinajstić information content (AvgIpc) is 2.44. The maximum absolute atomic E-state index is 12.0. The highest BCUT2D eigenvalue weighted by Gasteiger charge is 2.19. The number of ether oxygens (including phenoxy) is 1. The Labute approximate surface area is 127 Å². The zero-order valence-corrected chi connectivity index (χ0v) is 13.5. The molecule has 1 amide bonds. The maximum atomic E-state index is 12.0. The van der Waals surface area contributed by atoms with Gasteiger partial charge in [0.2, 0.25) is 5.91 Å². The van der Waals surface area contributed by atoms with E-state index in [1.165, 1.54) is 12.8 Å². The van der Waals surface area contributed by atoms with Crippen LogP contribution in [0.2, 0.25) is 0 Å². The molecule has 0 unspecified atom stereocenters. The van der Waals surface area contributed by atoms with Crippen LogP contribution in [0.1, 0.15) is 25.7 Å². The molecule has 2 N–H and O–H groups in total. The Kier molecular flexibility index (Phi) is 8.02. The van der Waals surface area contributed by atoms with E-state index in [1.54, 1.807) is 12.0 Å². The van der Waals surface area contributed by atoms with Crippen molar-refractivity contribution in [3.8, 4) is 0 Å². The molecule has 0 aromatic carbocycles. The van der Waals surface area contributed by atoms with Gasteiger partial charge in [-0.2, -0.15) is 0 Å². The van der Waals surface area contributed by atoms with E-state index in [2.05, 4.69) is 4.90 Å². The molecular formula is C14H27N3O2S. The van der Waals surface area contributed by atoms with Crippen molar-refractivity contribution in [2.75, 3.05) is 46.9 Å². The van der Waals surface area contributed by atoms with Crippen molar-refractivity contribution in [2.24, 2.45) is 11.7 Å². The lowest BCUT2D eigenvalue weighted by molar-refractivity contribution is -0.130. The molecule has 0 bridgehead atoms. The lowest BCUT2D eigenvalue weighted by Crippen LogP contribution is -2.38.